The van der Waals surface area contributed by atoms with Crippen LogP contribution in [0.15, 0.2) is 36.4 Å². The summed E-state index contributed by atoms with van der Waals surface area (Å²) in [6, 6.07) is 13.7. The van der Waals surface area contributed by atoms with E-state index < -0.39 is 0 Å². The Labute approximate surface area is 173 Å². The van der Waals surface area contributed by atoms with Crippen molar-refractivity contribution < 1.29 is 0 Å². The van der Waals surface area contributed by atoms with E-state index in [-0.39, 0.29) is 23.1 Å². The van der Waals surface area contributed by atoms with E-state index in [0.717, 1.165) is 11.8 Å². The molecule has 0 amide bonds. The van der Waals surface area contributed by atoms with Crippen LogP contribution in [0.4, 0.5) is 0 Å². The van der Waals surface area contributed by atoms with Gasteiger partial charge in [0.05, 0.1) is 0 Å². The van der Waals surface area contributed by atoms with Gasteiger partial charge in [0, 0.05) is 0 Å². The van der Waals surface area contributed by atoms with Crippen LogP contribution in [0.5, 0.6) is 0 Å². The first-order valence-electron chi connectivity index (χ1n) is 9.83. The zero-order chi connectivity index (χ0) is 18.3. The van der Waals surface area contributed by atoms with Gasteiger partial charge in [0.15, 0.2) is 0 Å². The minimum atomic E-state index is 0. The molecular formula is C24H38Mg. The molecule has 0 aliphatic rings. The molecule has 0 nitrogen and oxygen atoms in total. The number of hydrogen-bond acceptors (Lipinski definition) is 0. The SMILES string of the molecule is CCC(C)c1cc[c-](C(C)C)c1.CCC(C)c1cc[c-](C(C)C)c1.[Mg+2]. The molecule has 25 heavy (non-hydrogen) atoms. The predicted molar refractivity (Wildman–Crippen MR) is 115 cm³/mol. The second-order valence-electron chi connectivity index (χ2n) is 7.88. The molecule has 0 heterocycles. The van der Waals surface area contributed by atoms with Gasteiger partial charge in [-0.15, -0.1) is 0 Å². The van der Waals surface area contributed by atoms with Gasteiger partial charge in [0.1, 0.15) is 0 Å². The molecule has 2 atom stereocenters. The summed E-state index contributed by atoms with van der Waals surface area (Å²) in [5.74, 6) is 2.78. The molecular weight excluding hydrogens is 313 g/mol. The van der Waals surface area contributed by atoms with Crippen LogP contribution in [0.3, 0.4) is 0 Å². The van der Waals surface area contributed by atoms with Crippen LogP contribution in [-0.4, -0.2) is 23.1 Å². The van der Waals surface area contributed by atoms with Gasteiger partial charge in [-0.3, -0.25) is 0 Å². The van der Waals surface area contributed by atoms with Crippen molar-refractivity contribution in [3.8, 4) is 0 Å². The summed E-state index contributed by atoms with van der Waals surface area (Å²) in [6.07, 6.45) is 2.48. The average Bonchev–Trinajstić information content (AvgIpc) is 3.23. The zero-order valence-electron chi connectivity index (χ0n) is 17.9. The minimum absolute atomic E-state index is 0. The summed E-state index contributed by atoms with van der Waals surface area (Å²) in [7, 11) is 0. The Morgan fingerprint density at radius 2 is 1.00 bits per heavy atom. The van der Waals surface area contributed by atoms with Crippen LogP contribution in [0.1, 0.15) is 114 Å². The van der Waals surface area contributed by atoms with E-state index in [1.54, 1.807) is 0 Å². The smallest absolute Gasteiger partial charge is 0.210 e. The quantitative estimate of drug-likeness (QED) is 0.369. The van der Waals surface area contributed by atoms with Crippen molar-refractivity contribution in [2.75, 3.05) is 0 Å². The zero-order valence-corrected chi connectivity index (χ0v) is 19.3. The van der Waals surface area contributed by atoms with Crippen LogP contribution in [0.25, 0.3) is 0 Å². The van der Waals surface area contributed by atoms with Crippen molar-refractivity contribution in [1.29, 1.82) is 0 Å². The summed E-state index contributed by atoms with van der Waals surface area (Å²) in [5.41, 5.74) is 5.96. The Morgan fingerprint density at radius 1 is 0.680 bits per heavy atom. The van der Waals surface area contributed by atoms with Gasteiger partial charge < -0.3 is 0 Å². The monoisotopic (exact) mass is 350 g/mol. The molecule has 0 fully saturated rings. The first-order chi connectivity index (χ1) is 11.3. The molecule has 2 unspecified atom stereocenters. The third-order valence-electron chi connectivity index (χ3n) is 5.30. The third kappa shape index (κ3) is 7.70. The summed E-state index contributed by atoms with van der Waals surface area (Å²) >= 11 is 0. The van der Waals surface area contributed by atoms with Gasteiger partial charge >= 0.3 is 23.1 Å². The van der Waals surface area contributed by atoms with Crippen LogP contribution < -0.4 is 0 Å². The molecule has 2 rings (SSSR count). The predicted octanol–water partition coefficient (Wildman–Crippen LogP) is 7.70. The van der Waals surface area contributed by atoms with E-state index in [4.69, 9.17) is 0 Å². The van der Waals surface area contributed by atoms with Crippen LogP contribution in [0, 0.1) is 0 Å². The summed E-state index contributed by atoms with van der Waals surface area (Å²) in [5, 5.41) is 0. The minimum Gasteiger partial charge on any atom is -0.210 e. The maximum Gasteiger partial charge on any atom is 2.00 e. The van der Waals surface area contributed by atoms with Gasteiger partial charge in [-0.1, -0.05) is 91.9 Å². The van der Waals surface area contributed by atoms with Crippen molar-refractivity contribution in [2.24, 2.45) is 0 Å². The maximum absolute atomic E-state index is 2.35. The maximum atomic E-state index is 2.35. The Bertz CT molecular complexity index is 518. The van der Waals surface area contributed by atoms with Crippen LogP contribution >= 0.6 is 0 Å². The molecule has 0 aliphatic carbocycles. The fourth-order valence-electron chi connectivity index (χ4n) is 2.76. The van der Waals surface area contributed by atoms with E-state index in [0.29, 0.717) is 11.8 Å². The Hall–Kier alpha value is -0.534. The third-order valence-corrected chi connectivity index (χ3v) is 5.30. The second-order valence-corrected chi connectivity index (χ2v) is 7.88. The largest absolute Gasteiger partial charge is 2.00 e. The molecule has 0 radical (unpaired) electrons. The summed E-state index contributed by atoms with van der Waals surface area (Å²) in [4.78, 5) is 0. The van der Waals surface area contributed by atoms with Gasteiger partial charge in [0.2, 0.25) is 0 Å². The molecule has 136 valence electrons. The van der Waals surface area contributed by atoms with Crippen molar-refractivity contribution in [1.82, 2.24) is 0 Å². The summed E-state index contributed by atoms with van der Waals surface area (Å²) < 4.78 is 0. The molecule has 0 aliphatic heterocycles. The molecule has 1 heteroatoms. The average molecular weight is 351 g/mol. The van der Waals surface area contributed by atoms with E-state index in [1.165, 1.54) is 35.1 Å². The Balaban J connectivity index is 0.000000443. The first kappa shape index (κ1) is 24.5. The molecule has 0 saturated heterocycles. The van der Waals surface area contributed by atoms with Crippen LogP contribution in [0.2, 0.25) is 0 Å². The normalized spacial score (nSPS) is 13.2. The van der Waals surface area contributed by atoms with Crippen molar-refractivity contribution in [3.05, 3.63) is 58.7 Å². The topological polar surface area (TPSA) is 0 Å². The molecule has 2 aromatic carbocycles. The van der Waals surface area contributed by atoms with E-state index in [9.17, 15) is 0 Å². The van der Waals surface area contributed by atoms with Crippen molar-refractivity contribution in [2.45, 2.75) is 91.9 Å². The molecule has 0 aromatic heterocycles. The fraction of sp³-hybridized carbons (Fsp3) is 0.583. The van der Waals surface area contributed by atoms with Gasteiger partial charge in [-0.05, 0) is 0 Å². The first-order valence-corrected chi connectivity index (χ1v) is 9.83. The summed E-state index contributed by atoms with van der Waals surface area (Å²) in [6.45, 7) is 18.1. The van der Waals surface area contributed by atoms with E-state index >= 15 is 0 Å². The van der Waals surface area contributed by atoms with Gasteiger partial charge in [-0.2, -0.15) is 46.5 Å². The molecule has 0 N–H and O–H groups in total. The molecule has 0 bridgehead atoms. The fourth-order valence-corrected chi connectivity index (χ4v) is 2.76. The van der Waals surface area contributed by atoms with Gasteiger partial charge in [-0.25, -0.2) is 12.1 Å². The van der Waals surface area contributed by atoms with E-state index in [1.807, 2.05) is 0 Å². The van der Waals surface area contributed by atoms with Gasteiger partial charge in [0.25, 0.3) is 0 Å². The van der Waals surface area contributed by atoms with E-state index in [2.05, 4.69) is 91.8 Å². The second kappa shape index (κ2) is 12.0. The Morgan fingerprint density at radius 3 is 1.20 bits per heavy atom. The molecule has 0 saturated carbocycles. The van der Waals surface area contributed by atoms with Crippen molar-refractivity contribution in [3.63, 3.8) is 0 Å². The Kier molecular flexibility index (Phi) is 11.7. The molecule has 2 aromatic rings. The van der Waals surface area contributed by atoms with Crippen LogP contribution in [-0.2, 0) is 0 Å². The number of hydrogen-bond donors (Lipinski definition) is 0. The molecule has 0 spiro atoms. The van der Waals surface area contributed by atoms with Crippen molar-refractivity contribution >= 4 is 23.1 Å². The standard InChI is InChI=1S/2C12H19.Mg/c2*1-5-10(4)12-7-6-11(8-12)9(2)3;/h2*6-10H,5H2,1-4H3;/q2*-1;+2. The number of rotatable bonds is 6.